The lowest BCUT2D eigenvalue weighted by atomic mass is 9.95. The number of nitrogens with zero attached hydrogens (tertiary/aromatic N) is 1. The molecule has 0 radical (unpaired) electrons. The normalized spacial score (nSPS) is 11.1. The lowest BCUT2D eigenvalue weighted by Crippen LogP contribution is -2.43. The minimum absolute atomic E-state index is 0.0354. The van der Waals surface area contributed by atoms with Gasteiger partial charge in [0.1, 0.15) is 5.75 Å². The number of hydrogen-bond donors (Lipinski definition) is 0. The van der Waals surface area contributed by atoms with E-state index in [1.165, 1.54) is 12.1 Å². The molecule has 2 aromatic carbocycles. The van der Waals surface area contributed by atoms with Crippen LogP contribution in [-0.4, -0.2) is 29.4 Å². The molecule has 0 heterocycles. The number of benzene rings is 2. The van der Waals surface area contributed by atoms with Crippen LogP contribution in [0.5, 0.6) is 5.75 Å². The summed E-state index contributed by atoms with van der Waals surface area (Å²) in [5, 5.41) is 2.07. The first kappa shape index (κ1) is 23.6. The Morgan fingerprint density at radius 3 is 2.34 bits per heavy atom. The number of carbonyl (C=O) groups is 2. The van der Waals surface area contributed by atoms with Gasteiger partial charge in [-0.3, -0.25) is 4.79 Å². The van der Waals surface area contributed by atoms with Crippen LogP contribution in [0.15, 0.2) is 42.5 Å². The third-order valence-electron chi connectivity index (χ3n) is 3.86. The predicted molar refractivity (Wildman–Crippen MR) is 115 cm³/mol. The summed E-state index contributed by atoms with van der Waals surface area (Å²) in [5.41, 5.74) is -0.342. The lowest BCUT2D eigenvalue weighted by molar-refractivity contribution is -0.207. The molecular formula is C20H19Cl4NO4. The highest BCUT2D eigenvalue weighted by molar-refractivity contribution is 6.35. The number of carbonyl (C=O) groups excluding carboxylic acids is 2. The van der Waals surface area contributed by atoms with Crippen LogP contribution in [0.4, 0.5) is 0 Å². The molecule has 0 N–H and O–H groups in total. The molecule has 0 atom stereocenters. The van der Waals surface area contributed by atoms with Gasteiger partial charge >= 0.3 is 5.97 Å². The highest BCUT2D eigenvalue weighted by atomic mass is 35.5. The van der Waals surface area contributed by atoms with Gasteiger partial charge in [-0.15, -0.1) is 11.6 Å². The van der Waals surface area contributed by atoms with Crippen LogP contribution in [0.2, 0.25) is 15.1 Å². The van der Waals surface area contributed by atoms with Gasteiger partial charge in [0.05, 0.1) is 17.0 Å². The van der Waals surface area contributed by atoms with E-state index in [1.807, 2.05) is 0 Å². The summed E-state index contributed by atoms with van der Waals surface area (Å²) in [6.07, 6.45) is 0. The minimum atomic E-state index is -0.955. The van der Waals surface area contributed by atoms with Gasteiger partial charge in [-0.05, 0) is 43.7 Å². The fourth-order valence-electron chi connectivity index (χ4n) is 2.20. The molecule has 0 aliphatic carbocycles. The maximum absolute atomic E-state index is 12.9. The van der Waals surface area contributed by atoms with Gasteiger partial charge in [0.25, 0.3) is 5.91 Å². The molecule has 1 amide bonds. The molecule has 0 saturated heterocycles. The third kappa shape index (κ3) is 6.68. The van der Waals surface area contributed by atoms with Crippen LogP contribution in [0.25, 0.3) is 0 Å². The standard InChI is InChI=1S/C20H19Cl4NO4/c1-20(2,12-21)19(27)25(10-13-5-3-4-6-15(13)23)29-18(26)11-28-17-8-7-14(22)9-16(17)24/h3-9H,10-12H2,1-2H3. The number of alkyl halides is 1. The zero-order valence-corrected chi connectivity index (χ0v) is 18.8. The van der Waals surface area contributed by atoms with Crippen molar-refractivity contribution in [1.29, 1.82) is 0 Å². The molecule has 0 saturated carbocycles. The van der Waals surface area contributed by atoms with E-state index in [1.54, 1.807) is 44.2 Å². The van der Waals surface area contributed by atoms with Crippen molar-refractivity contribution in [1.82, 2.24) is 5.06 Å². The number of rotatable bonds is 7. The van der Waals surface area contributed by atoms with Crippen LogP contribution >= 0.6 is 46.4 Å². The highest BCUT2D eigenvalue weighted by Crippen LogP contribution is 2.28. The van der Waals surface area contributed by atoms with Crippen LogP contribution < -0.4 is 4.74 Å². The average molecular weight is 479 g/mol. The number of hydroxylamine groups is 2. The van der Waals surface area contributed by atoms with Crippen LogP contribution in [0.1, 0.15) is 19.4 Å². The molecule has 2 aromatic rings. The Morgan fingerprint density at radius 1 is 1.03 bits per heavy atom. The van der Waals surface area contributed by atoms with Gasteiger partial charge in [0.2, 0.25) is 0 Å². The average Bonchev–Trinajstić information content (AvgIpc) is 2.67. The predicted octanol–water partition coefficient (Wildman–Crippen LogP) is 5.78. The van der Waals surface area contributed by atoms with E-state index in [-0.39, 0.29) is 23.2 Å². The minimum Gasteiger partial charge on any atom is -0.480 e. The first-order chi connectivity index (χ1) is 13.6. The van der Waals surface area contributed by atoms with E-state index in [2.05, 4.69) is 0 Å². The molecule has 2 rings (SSSR count). The van der Waals surface area contributed by atoms with Crippen molar-refractivity contribution in [3.63, 3.8) is 0 Å². The first-order valence-electron chi connectivity index (χ1n) is 8.54. The number of halogens is 4. The molecule has 156 valence electrons. The maximum atomic E-state index is 12.9. The second-order valence-corrected chi connectivity index (χ2v) is 8.30. The summed E-state index contributed by atoms with van der Waals surface area (Å²) in [6.45, 7) is 2.81. The Hall–Kier alpha value is -1.66. The van der Waals surface area contributed by atoms with E-state index in [9.17, 15) is 9.59 Å². The summed E-state index contributed by atoms with van der Waals surface area (Å²) >= 11 is 23.9. The van der Waals surface area contributed by atoms with Crippen molar-refractivity contribution < 1.29 is 19.2 Å². The third-order valence-corrected chi connectivity index (χ3v) is 5.43. The molecule has 0 spiro atoms. The van der Waals surface area contributed by atoms with E-state index in [0.717, 1.165) is 5.06 Å². The number of ether oxygens (including phenoxy) is 1. The summed E-state index contributed by atoms with van der Waals surface area (Å²) < 4.78 is 5.36. The van der Waals surface area contributed by atoms with Gasteiger partial charge < -0.3 is 9.57 Å². The van der Waals surface area contributed by atoms with Gasteiger partial charge in [-0.25, -0.2) is 4.79 Å². The van der Waals surface area contributed by atoms with E-state index in [4.69, 9.17) is 56.0 Å². The van der Waals surface area contributed by atoms with Crippen molar-refractivity contribution in [2.45, 2.75) is 20.4 Å². The SMILES string of the molecule is CC(C)(CCl)C(=O)N(Cc1ccccc1Cl)OC(=O)COc1ccc(Cl)cc1Cl. The molecule has 0 unspecified atom stereocenters. The fourth-order valence-corrected chi connectivity index (χ4v) is 2.97. The Labute approximate surface area is 189 Å². The number of hydrogen-bond acceptors (Lipinski definition) is 4. The van der Waals surface area contributed by atoms with Crippen LogP contribution in [-0.2, 0) is 21.0 Å². The molecular weight excluding hydrogens is 460 g/mol. The highest BCUT2D eigenvalue weighted by Gasteiger charge is 2.34. The topological polar surface area (TPSA) is 55.8 Å². The molecule has 29 heavy (non-hydrogen) atoms. The summed E-state index contributed by atoms with van der Waals surface area (Å²) in [7, 11) is 0. The van der Waals surface area contributed by atoms with Crippen molar-refractivity contribution >= 4 is 58.3 Å². The summed E-state index contributed by atoms with van der Waals surface area (Å²) in [6, 6.07) is 11.5. The zero-order valence-electron chi connectivity index (χ0n) is 15.8. The van der Waals surface area contributed by atoms with Gasteiger partial charge in [0, 0.05) is 15.9 Å². The van der Waals surface area contributed by atoms with Gasteiger partial charge in [-0.1, -0.05) is 53.0 Å². The summed E-state index contributed by atoms with van der Waals surface area (Å²) in [5.74, 6) is -0.954. The molecule has 0 aromatic heterocycles. The molecule has 9 heteroatoms. The smallest absolute Gasteiger partial charge is 0.369 e. The van der Waals surface area contributed by atoms with Gasteiger partial charge in [0.15, 0.2) is 6.61 Å². The monoisotopic (exact) mass is 477 g/mol. The first-order valence-corrected chi connectivity index (χ1v) is 10.2. The largest absolute Gasteiger partial charge is 0.480 e. The second-order valence-electron chi connectivity index (χ2n) is 6.78. The van der Waals surface area contributed by atoms with Crippen molar-refractivity contribution in [2.75, 3.05) is 12.5 Å². The fraction of sp³-hybridized carbons (Fsp3) is 0.300. The maximum Gasteiger partial charge on any atom is 0.369 e. The molecule has 0 aliphatic heterocycles. The van der Waals surface area contributed by atoms with E-state index in [0.29, 0.717) is 15.6 Å². The lowest BCUT2D eigenvalue weighted by Gasteiger charge is -2.29. The van der Waals surface area contributed by atoms with Crippen LogP contribution in [0, 0.1) is 5.41 Å². The second kappa shape index (κ2) is 10.4. The van der Waals surface area contributed by atoms with E-state index < -0.39 is 23.9 Å². The van der Waals surface area contributed by atoms with E-state index >= 15 is 0 Å². The van der Waals surface area contributed by atoms with Crippen LogP contribution in [0.3, 0.4) is 0 Å². The van der Waals surface area contributed by atoms with Crippen molar-refractivity contribution in [3.8, 4) is 5.75 Å². The quantitative estimate of drug-likeness (QED) is 0.374. The molecule has 0 aliphatic rings. The van der Waals surface area contributed by atoms with Crippen molar-refractivity contribution in [2.24, 2.45) is 5.41 Å². The number of amides is 1. The Bertz CT molecular complexity index is 889. The Kier molecular flexibility index (Phi) is 8.46. The Morgan fingerprint density at radius 2 is 1.72 bits per heavy atom. The molecule has 0 bridgehead atoms. The Balaban J connectivity index is 2.12. The molecule has 0 fully saturated rings. The summed E-state index contributed by atoms with van der Waals surface area (Å²) in [4.78, 5) is 30.5. The zero-order chi connectivity index (χ0) is 21.6. The van der Waals surface area contributed by atoms with Gasteiger partial charge in [-0.2, -0.15) is 5.06 Å². The van der Waals surface area contributed by atoms with Crippen molar-refractivity contribution in [3.05, 3.63) is 63.1 Å². The molecule has 5 nitrogen and oxygen atoms in total.